The van der Waals surface area contributed by atoms with Crippen molar-refractivity contribution in [2.45, 2.75) is 26.2 Å². The molecule has 1 saturated heterocycles. The van der Waals surface area contributed by atoms with Crippen molar-refractivity contribution in [1.29, 1.82) is 0 Å². The van der Waals surface area contributed by atoms with Gasteiger partial charge in [-0.1, -0.05) is 0 Å². The molecule has 0 aromatic heterocycles. The SMILES string of the molecule is CC(=O)OCC[N+]1(CCS(=O)(=O)[O-])CCCCC1. The van der Waals surface area contributed by atoms with Crippen LogP contribution in [0.5, 0.6) is 0 Å². The van der Waals surface area contributed by atoms with E-state index in [-0.39, 0.29) is 18.3 Å². The number of carbonyl (C=O) groups is 1. The Morgan fingerprint density at radius 1 is 1.22 bits per heavy atom. The van der Waals surface area contributed by atoms with Crippen LogP contribution in [0.4, 0.5) is 0 Å². The number of nitrogens with zero attached hydrogens (tertiary/aromatic N) is 1. The Morgan fingerprint density at radius 3 is 2.33 bits per heavy atom. The number of likely N-dealkylation sites (tertiary alicyclic amines) is 1. The molecule has 0 aromatic carbocycles. The Bertz CT molecular complexity index is 373. The molecule has 0 unspecified atom stereocenters. The smallest absolute Gasteiger partial charge is 0.302 e. The maximum absolute atomic E-state index is 10.7. The molecule has 6 nitrogen and oxygen atoms in total. The molecule has 106 valence electrons. The van der Waals surface area contributed by atoms with E-state index in [1.165, 1.54) is 6.92 Å². The summed E-state index contributed by atoms with van der Waals surface area (Å²) in [5, 5.41) is 0. The third-order valence-electron chi connectivity index (χ3n) is 3.45. The van der Waals surface area contributed by atoms with Crippen LogP contribution in [0.2, 0.25) is 0 Å². The lowest BCUT2D eigenvalue weighted by molar-refractivity contribution is -0.930. The second kappa shape index (κ2) is 6.49. The van der Waals surface area contributed by atoms with E-state index in [0.29, 0.717) is 17.6 Å². The monoisotopic (exact) mass is 279 g/mol. The van der Waals surface area contributed by atoms with Crippen LogP contribution in [0.15, 0.2) is 0 Å². The fourth-order valence-corrected chi connectivity index (χ4v) is 3.04. The van der Waals surface area contributed by atoms with Crippen molar-refractivity contribution >= 4 is 16.1 Å². The number of carbonyl (C=O) groups excluding carboxylic acids is 1. The maximum Gasteiger partial charge on any atom is 0.302 e. The summed E-state index contributed by atoms with van der Waals surface area (Å²) in [6, 6.07) is 0. The molecule has 0 bridgehead atoms. The average Bonchev–Trinajstić information content (AvgIpc) is 2.27. The van der Waals surface area contributed by atoms with Gasteiger partial charge >= 0.3 is 5.97 Å². The van der Waals surface area contributed by atoms with Gasteiger partial charge in [0.05, 0.1) is 25.4 Å². The van der Waals surface area contributed by atoms with Gasteiger partial charge in [-0.25, -0.2) is 8.42 Å². The first-order valence-corrected chi connectivity index (χ1v) is 7.83. The van der Waals surface area contributed by atoms with Gasteiger partial charge in [-0.3, -0.25) is 4.79 Å². The van der Waals surface area contributed by atoms with E-state index in [1.807, 2.05) is 0 Å². The van der Waals surface area contributed by atoms with Crippen LogP contribution in [0.3, 0.4) is 0 Å². The fraction of sp³-hybridized carbons (Fsp3) is 0.909. The van der Waals surface area contributed by atoms with Crippen LogP contribution in [0.25, 0.3) is 0 Å². The largest absolute Gasteiger partial charge is 0.748 e. The van der Waals surface area contributed by atoms with Crippen molar-refractivity contribution in [2.24, 2.45) is 0 Å². The number of rotatable bonds is 6. The summed E-state index contributed by atoms with van der Waals surface area (Å²) < 4.78 is 37.7. The van der Waals surface area contributed by atoms with Gasteiger partial charge in [0.15, 0.2) is 0 Å². The van der Waals surface area contributed by atoms with Crippen molar-refractivity contribution < 1.29 is 27.0 Å². The molecule has 0 radical (unpaired) electrons. The molecule has 0 saturated carbocycles. The Balaban J connectivity index is 2.54. The number of piperidine rings is 1. The minimum atomic E-state index is -4.18. The van der Waals surface area contributed by atoms with Gasteiger partial charge in [0, 0.05) is 6.92 Å². The van der Waals surface area contributed by atoms with Gasteiger partial charge in [-0.2, -0.15) is 0 Å². The lowest BCUT2D eigenvalue weighted by Gasteiger charge is -2.41. The molecule has 1 aliphatic rings. The molecule has 18 heavy (non-hydrogen) atoms. The summed E-state index contributed by atoms with van der Waals surface area (Å²) in [7, 11) is -4.18. The summed E-state index contributed by atoms with van der Waals surface area (Å²) in [6.07, 6.45) is 3.19. The molecule has 0 aromatic rings. The predicted molar refractivity (Wildman–Crippen MR) is 64.8 cm³/mol. The number of hydrogen-bond donors (Lipinski definition) is 0. The highest BCUT2D eigenvalue weighted by Gasteiger charge is 2.30. The first-order chi connectivity index (χ1) is 8.33. The molecule has 0 amide bonds. The quantitative estimate of drug-likeness (QED) is 0.391. The summed E-state index contributed by atoms with van der Waals surface area (Å²) in [6.45, 7) is 4.27. The maximum atomic E-state index is 10.7. The molecule has 7 heteroatoms. The van der Waals surface area contributed by atoms with Crippen molar-refractivity contribution in [3.63, 3.8) is 0 Å². The van der Waals surface area contributed by atoms with E-state index in [4.69, 9.17) is 4.74 Å². The van der Waals surface area contributed by atoms with Crippen LogP contribution < -0.4 is 0 Å². The highest BCUT2D eigenvalue weighted by molar-refractivity contribution is 7.85. The van der Waals surface area contributed by atoms with Gasteiger partial charge in [0.1, 0.15) is 23.3 Å². The lowest BCUT2D eigenvalue weighted by atomic mass is 10.1. The van der Waals surface area contributed by atoms with Crippen LogP contribution in [-0.2, 0) is 19.6 Å². The highest BCUT2D eigenvalue weighted by atomic mass is 32.2. The molecule has 0 atom stereocenters. The molecular formula is C11H21NO5S. The second-order valence-electron chi connectivity index (χ2n) is 4.90. The Hall–Kier alpha value is -0.660. The van der Waals surface area contributed by atoms with E-state index in [2.05, 4.69) is 0 Å². The molecule has 0 N–H and O–H groups in total. The lowest BCUT2D eigenvalue weighted by Crippen LogP contribution is -2.55. The van der Waals surface area contributed by atoms with E-state index in [9.17, 15) is 17.8 Å². The number of quaternary nitrogens is 1. The topological polar surface area (TPSA) is 83.5 Å². The predicted octanol–water partition coefficient (Wildman–Crippen LogP) is 0.0954. The van der Waals surface area contributed by atoms with Gasteiger partial charge in [0.25, 0.3) is 0 Å². The van der Waals surface area contributed by atoms with E-state index in [0.717, 1.165) is 32.4 Å². The molecule has 1 rings (SSSR count). The molecule has 0 aliphatic carbocycles. The van der Waals surface area contributed by atoms with Crippen molar-refractivity contribution in [2.75, 3.05) is 38.5 Å². The standard InChI is InChI=1S/C11H21NO5S/c1-11(13)17-9-7-12(5-3-2-4-6-12)8-10-18(14,15)16/h2-10H2,1H3. The van der Waals surface area contributed by atoms with Crippen LogP contribution in [0.1, 0.15) is 26.2 Å². The zero-order valence-corrected chi connectivity index (χ0v) is 11.6. The van der Waals surface area contributed by atoms with Crippen LogP contribution >= 0.6 is 0 Å². The van der Waals surface area contributed by atoms with Gasteiger partial charge in [0.2, 0.25) is 0 Å². The first kappa shape index (κ1) is 15.4. The molecule has 1 aliphatic heterocycles. The zero-order valence-electron chi connectivity index (χ0n) is 10.8. The van der Waals surface area contributed by atoms with Crippen molar-refractivity contribution in [3.8, 4) is 0 Å². The normalized spacial score (nSPS) is 19.4. The Labute approximate surface area is 108 Å². The Morgan fingerprint density at radius 2 is 1.83 bits per heavy atom. The Kier molecular flexibility index (Phi) is 5.55. The summed E-state index contributed by atoms with van der Waals surface area (Å²) >= 11 is 0. The highest BCUT2D eigenvalue weighted by Crippen LogP contribution is 2.18. The third kappa shape index (κ3) is 5.79. The van der Waals surface area contributed by atoms with E-state index >= 15 is 0 Å². The average molecular weight is 279 g/mol. The minimum Gasteiger partial charge on any atom is -0.748 e. The molecular weight excluding hydrogens is 258 g/mol. The van der Waals surface area contributed by atoms with Gasteiger partial charge in [-0.05, 0) is 19.3 Å². The van der Waals surface area contributed by atoms with E-state index in [1.54, 1.807) is 0 Å². The summed E-state index contributed by atoms with van der Waals surface area (Å²) in [5.41, 5.74) is 0. The number of hydrogen-bond acceptors (Lipinski definition) is 5. The van der Waals surface area contributed by atoms with Crippen LogP contribution in [-0.4, -0.2) is 62.0 Å². The van der Waals surface area contributed by atoms with Gasteiger partial charge < -0.3 is 13.8 Å². The minimum absolute atomic E-state index is 0.286. The van der Waals surface area contributed by atoms with Crippen molar-refractivity contribution in [3.05, 3.63) is 0 Å². The molecule has 1 heterocycles. The summed E-state index contributed by atoms with van der Waals surface area (Å²) in [4.78, 5) is 10.7. The van der Waals surface area contributed by atoms with Crippen LogP contribution in [0, 0.1) is 0 Å². The second-order valence-corrected chi connectivity index (χ2v) is 6.42. The fourth-order valence-electron chi connectivity index (χ4n) is 2.43. The first-order valence-electron chi connectivity index (χ1n) is 6.25. The van der Waals surface area contributed by atoms with Gasteiger partial charge in [-0.15, -0.1) is 0 Å². The number of esters is 1. The number of ether oxygens (including phenoxy) is 1. The third-order valence-corrected chi connectivity index (χ3v) is 4.13. The molecule has 1 fully saturated rings. The summed E-state index contributed by atoms with van der Waals surface area (Å²) in [5.74, 6) is -0.672. The van der Waals surface area contributed by atoms with E-state index < -0.39 is 10.1 Å². The molecule has 0 spiro atoms. The van der Waals surface area contributed by atoms with Crippen molar-refractivity contribution in [1.82, 2.24) is 0 Å². The zero-order chi connectivity index (χ0) is 13.6.